The first-order chi connectivity index (χ1) is 13.8. The van der Waals surface area contributed by atoms with Crippen molar-refractivity contribution in [2.24, 2.45) is 5.92 Å². The molecule has 2 aromatic rings. The van der Waals surface area contributed by atoms with Gasteiger partial charge in [0.15, 0.2) is 0 Å². The minimum absolute atomic E-state index is 0.00618. The first kappa shape index (κ1) is 20.8. The van der Waals surface area contributed by atoms with E-state index in [0.29, 0.717) is 18.5 Å². The van der Waals surface area contributed by atoms with Crippen LogP contribution in [0.2, 0.25) is 0 Å². The Labute approximate surface area is 167 Å². The van der Waals surface area contributed by atoms with Crippen molar-refractivity contribution in [1.29, 1.82) is 0 Å². The van der Waals surface area contributed by atoms with E-state index in [1.54, 1.807) is 0 Å². The number of imidazole rings is 1. The second-order valence-electron chi connectivity index (χ2n) is 7.43. The van der Waals surface area contributed by atoms with Gasteiger partial charge in [0.25, 0.3) is 0 Å². The van der Waals surface area contributed by atoms with E-state index >= 15 is 0 Å². The van der Waals surface area contributed by atoms with Crippen LogP contribution >= 0.6 is 0 Å². The molecule has 2 atom stereocenters. The zero-order valence-electron chi connectivity index (χ0n) is 16.5. The lowest BCUT2D eigenvalue weighted by atomic mass is 9.95. The van der Waals surface area contributed by atoms with Gasteiger partial charge in [0.05, 0.1) is 19.1 Å². The molecule has 0 radical (unpaired) electrons. The summed E-state index contributed by atoms with van der Waals surface area (Å²) in [5.41, 5.74) is 1.22. The smallest absolute Gasteiger partial charge is 0.328 e. The topological polar surface area (TPSA) is 87.3 Å². The summed E-state index contributed by atoms with van der Waals surface area (Å²) in [5, 5.41) is 2.68. The van der Waals surface area contributed by atoms with Gasteiger partial charge < -0.3 is 19.9 Å². The molecule has 1 aliphatic rings. The van der Waals surface area contributed by atoms with Crippen molar-refractivity contribution in [3.8, 4) is 0 Å². The number of hydrogen-bond donors (Lipinski definition) is 2. The predicted molar refractivity (Wildman–Crippen MR) is 101 cm³/mol. The van der Waals surface area contributed by atoms with Crippen molar-refractivity contribution in [2.75, 3.05) is 13.7 Å². The van der Waals surface area contributed by atoms with Crippen molar-refractivity contribution in [3.63, 3.8) is 0 Å². The Morgan fingerprint density at radius 3 is 2.83 bits per heavy atom. The van der Waals surface area contributed by atoms with E-state index in [-0.39, 0.29) is 18.0 Å². The molecule has 29 heavy (non-hydrogen) atoms. The molecule has 9 heteroatoms. The van der Waals surface area contributed by atoms with Gasteiger partial charge in [-0.2, -0.15) is 0 Å². The monoisotopic (exact) mass is 406 g/mol. The second kappa shape index (κ2) is 8.59. The molecule has 0 unspecified atom stereocenters. The summed E-state index contributed by atoms with van der Waals surface area (Å²) in [6.07, 6.45) is 2.33. The van der Waals surface area contributed by atoms with Crippen LogP contribution in [0, 0.1) is 17.6 Å². The molecule has 0 aliphatic carbocycles. The third-order valence-electron chi connectivity index (χ3n) is 4.93. The van der Waals surface area contributed by atoms with Crippen LogP contribution in [0.4, 0.5) is 13.6 Å². The summed E-state index contributed by atoms with van der Waals surface area (Å²) >= 11 is 0. The van der Waals surface area contributed by atoms with Gasteiger partial charge in [-0.1, -0.05) is 13.8 Å². The molecule has 2 amide bonds. The molecule has 2 heterocycles. The Morgan fingerprint density at radius 2 is 2.14 bits per heavy atom. The number of amides is 2. The molecule has 2 N–H and O–H groups in total. The molecular weight excluding hydrogens is 382 g/mol. The lowest BCUT2D eigenvalue weighted by Crippen LogP contribution is -2.51. The number of aromatic amines is 1. The molecule has 1 aliphatic heterocycles. The Balaban J connectivity index is 1.95. The van der Waals surface area contributed by atoms with Crippen LogP contribution in [0.15, 0.2) is 24.5 Å². The summed E-state index contributed by atoms with van der Waals surface area (Å²) in [7, 11) is 1.25. The van der Waals surface area contributed by atoms with Crippen LogP contribution in [0.1, 0.15) is 43.3 Å². The maximum atomic E-state index is 14.6. The summed E-state index contributed by atoms with van der Waals surface area (Å²) in [4.78, 5) is 33.8. The van der Waals surface area contributed by atoms with Crippen molar-refractivity contribution in [1.82, 2.24) is 20.2 Å². The van der Waals surface area contributed by atoms with Crippen molar-refractivity contribution in [3.05, 3.63) is 53.1 Å². The number of carbonyl (C=O) groups is 2. The number of rotatable bonds is 5. The van der Waals surface area contributed by atoms with Crippen LogP contribution in [0.3, 0.4) is 0 Å². The zero-order valence-corrected chi connectivity index (χ0v) is 16.5. The number of benzene rings is 1. The average Bonchev–Trinajstić information content (AvgIpc) is 3.16. The summed E-state index contributed by atoms with van der Waals surface area (Å²) in [6.45, 7) is 4.09. The summed E-state index contributed by atoms with van der Waals surface area (Å²) < 4.78 is 33.2. The quantitative estimate of drug-likeness (QED) is 0.748. The minimum Gasteiger partial charge on any atom is -0.467 e. The molecule has 0 bridgehead atoms. The number of halogens is 2. The number of carbonyl (C=O) groups excluding carboxylic acids is 2. The zero-order chi connectivity index (χ0) is 21.1. The number of fused-ring (bicyclic) bond motifs is 1. The van der Waals surface area contributed by atoms with Gasteiger partial charge in [-0.25, -0.2) is 23.4 Å². The van der Waals surface area contributed by atoms with Crippen LogP contribution < -0.4 is 5.32 Å². The Morgan fingerprint density at radius 1 is 1.38 bits per heavy atom. The number of methoxy groups -OCH3 is 1. The lowest BCUT2D eigenvalue weighted by molar-refractivity contribution is -0.143. The molecule has 7 nitrogen and oxygen atoms in total. The molecule has 156 valence electrons. The van der Waals surface area contributed by atoms with E-state index in [4.69, 9.17) is 4.74 Å². The molecule has 0 fully saturated rings. The molecule has 1 aromatic heterocycles. The standard InChI is InChI=1S/C20H24F2N4O3/c1-11(2)8-16(19(27)29-3)25-20(28)26-7-6-15-17(24-10-23-15)18(26)13-9-12(21)4-5-14(13)22/h4-5,9-11,16,18H,6-8H2,1-3H3,(H,23,24)(H,25,28)/t16-,18-/m1/s1. The second-order valence-corrected chi connectivity index (χ2v) is 7.43. The third kappa shape index (κ3) is 4.38. The number of urea groups is 1. The first-order valence-corrected chi connectivity index (χ1v) is 9.43. The molecule has 0 saturated carbocycles. The molecule has 0 spiro atoms. The fourth-order valence-electron chi connectivity index (χ4n) is 3.59. The Hall–Kier alpha value is -2.97. The third-order valence-corrected chi connectivity index (χ3v) is 4.93. The molecular formula is C20H24F2N4O3. The highest BCUT2D eigenvalue weighted by Crippen LogP contribution is 2.35. The predicted octanol–water partition coefficient (Wildman–Crippen LogP) is 2.93. The number of esters is 1. The first-order valence-electron chi connectivity index (χ1n) is 9.43. The van der Waals surface area contributed by atoms with Gasteiger partial charge in [0, 0.05) is 24.2 Å². The van der Waals surface area contributed by atoms with Gasteiger partial charge in [-0.3, -0.25) is 0 Å². The van der Waals surface area contributed by atoms with Gasteiger partial charge >= 0.3 is 12.0 Å². The fourth-order valence-corrected chi connectivity index (χ4v) is 3.59. The maximum absolute atomic E-state index is 14.6. The van der Waals surface area contributed by atoms with E-state index in [1.807, 2.05) is 13.8 Å². The van der Waals surface area contributed by atoms with Gasteiger partial charge in [0.2, 0.25) is 0 Å². The summed E-state index contributed by atoms with van der Waals surface area (Å²) in [6, 6.07) is 0.786. The average molecular weight is 406 g/mol. The van der Waals surface area contributed by atoms with Crippen LogP contribution in [0.5, 0.6) is 0 Å². The van der Waals surface area contributed by atoms with Gasteiger partial charge in [-0.05, 0) is 30.5 Å². The molecule has 1 aromatic carbocycles. The number of H-pyrrole nitrogens is 1. The van der Waals surface area contributed by atoms with Crippen molar-refractivity contribution < 1.29 is 23.1 Å². The SMILES string of the molecule is COC(=O)[C@@H](CC(C)C)NC(=O)N1CCc2[nH]cnc2[C@H]1c1cc(F)ccc1F. The van der Waals surface area contributed by atoms with Crippen LogP contribution in [-0.4, -0.2) is 46.6 Å². The van der Waals surface area contributed by atoms with Crippen molar-refractivity contribution in [2.45, 2.75) is 38.8 Å². The Kier molecular flexibility index (Phi) is 6.14. The van der Waals surface area contributed by atoms with E-state index in [9.17, 15) is 18.4 Å². The highest BCUT2D eigenvalue weighted by molar-refractivity contribution is 5.84. The normalized spacial score (nSPS) is 17.0. The number of ether oxygens (including phenoxy) is 1. The van der Waals surface area contributed by atoms with Gasteiger partial charge in [-0.15, -0.1) is 0 Å². The maximum Gasteiger partial charge on any atom is 0.328 e. The number of nitrogens with zero attached hydrogens (tertiary/aromatic N) is 2. The van der Waals surface area contributed by atoms with Crippen molar-refractivity contribution >= 4 is 12.0 Å². The lowest BCUT2D eigenvalue weighted by Gasteiger charge is -2.36. The fraction of sp³-hybridized carbons (Fsp3) is 0.450. The van der Waals surface area contributed by atoms with E-state index in [2.05, 4.69) is 15.3 Å². The number of aromatic nitrogens is 2. The van der Waals surface area contributed by atoms with E-state index in [1.165, 1.54) is 18.3 Å². The van der Waals surface area contributed by atoms with E-state index < -0.39 is 35.7 Å². The number of hydrogen-bond acceptors (Lipinski definition) is 4. The highest BCUT2D eigenvalue weighted by atomic mass is 19.1. The van der Waals surface area contributed by atoms with E-state index in [0.717, 1.165) is 23.9 Å². The molecule has 3 rings (SSSR count). The minimum atomic E-state index is -0.918. The van der Waals surface area contributed by atoms with Crippen LogP contribution in [0.25, 0.3) is 0 Å². The Bertz CT molecular complexity index is 900. The molecule has 0 saturated heterocycles. The highest BCUT2D eigenvalue weighted by Gasteiger charge is 2.37. The summed E-state index contributed by atoms with van der Waals surface area (Å²) in [5.74, 6) is -1.68. The number of nitrogens with one attached hydrogen (secondary N) is 2. The van der Waals surface area contributed by atoms with Gasteiger partial charge in [0.1, 0.15) is 23.7 Å². The largest absolute Gasteiger partial charge is 0.467 e. The van der Waals surface area contributed by atoms with Crippen LogP contribution in [-0.2, 0) is 16.0 Å².